The second-order valence-electron chi connectivity index (χ2n) is 5.16. The summed E-state index contributed by atoms with van der Waals surface area (Å²) < 4.78 is 19.4. The van der Waals surface area contributed by atoms with E-state index in [-0.39, 0.29) is 11.3 Å². The number of rotatable bonds is 4. The summed E-state index contributed by atoms with van der Waals surface area (Å²) in [7, 11) is 0. The van der Waals surface area contributed by atoms with E-state index >= 15 is 0 Å². The molecular weight excluding hydrogens is 323 g/mol. The topological polar surface area (TPSA) is 80.1 Å². The van der Waals surface area contributed by atoms with Gasteiger partial charge in [-0.05, 0) is 48.0 Å². The Hall–Kier alpha value is -3.72. The standard InChI is InChI=1S/C19H11FN2O3/c20-18-4-2-1-3-17(18)19-10-9-16(25-19)11-14(12-21)13-5-7-15(8-6-13)22(23)24/h1-11H/b14-11+. The highest BCUT2D eigenvalue weighted by Gasteiger charge is 2.10. The molecule has 0 saturated heterocycles. The number of hydrogen-bond acceptors (Lipinski definition) is 4. The molecule has 0 amide bonds. The van der Waals surface area contributed by atoms with Crippen LogP contribution >= 0.6 is 0 Å². The van der Waals surface area contributed by atoms with Crippen LogP contribution in [0.4, 0.5) is 10.1 Å². The van der Waals surface area contributed by atoms with E-state index in [1.54, 1.807) is 30.3 Å². The lowest BCUT2D eigenvalue weighted by atomic mass is 10.1. The summed E-state index contributed by atoms with van der Waals surface area (Å²) in [5.41, 5.74) is 1.08. The number of hydrogen-bond donors (Lipinski definition) is 0. The van der Waals surface area contributed by atoms with Crippen LogP contribution in [0, 0.1) is 27.3 Å². The van der Waals surface area contributed by atoms with Gasteiger partial charge in [-0.25, -0.2) is 4.39 Å². The van der Waals surface area contributed by atoms with Crippen molar-refractivity contribution in [3.8, 4) is 17.4 Å². The molecule has 25 heavy (non-hydrogen) atoms. The van der Waals surface area contributed by atoms with Gasteiger partial charge in [-0.3, -0.25) is 10.1 Å². The fourth-order valence-electron chi connectivity index (χ4n) is 2.32. The van der Waals surface area contributed by atoms with E-state index in [9.17, 15) is 19.8 Å². The second kappa shape index (κ2) is 6.81. The summed E-state index contributed by atoms with van der Waals surface area (Å²) in [5.74, 6) is 0.335. The van der Waals surface area contributed by atoms with E-state index in [4.69, 9.17) is 4.42 Å². The minimum absolute atomic E-state index is 0.0547. The van der Waals surface area contributed by atoms with Crippen LogP contribution in [0.5, 0.6) is 0 Å². The number of nitrogens with zero attached hydrogens (tertiary/aromatic N) is 2. The summed E-state index contributed by atoms with van der Waals surface area (Å²) in [6, 6.07) is 17.2. The molecule has 5 nitrogen and oxygen atoms in total. The Morgan fingerprint density at radius 1 is 1.12 bits per heavy atom. The fourth-order valence-corrected chi connectivity index (χ4v) is 2.32. The van der Waals surface area contributed by atoms with Crippen LogP contribution in [0.25, 0.3) is 23.0 Å². The van der Waals surface area contributed by atoms with Crippen molar-refractivity contribution < 1.29 is 13.7 Å². The number of furan rings is 1. The highest BCUT2D eigenvalue weighted by Crippen LogP contribution is 2.27. The molecule has 0 radical (unpaired) electrons. The number of nitriles is 1. The summed E-state index contributed by atoms with van der Waals surface area (Å²) >= 11 is 0. The molecule has 0 atom stereocenters. The Bertz CT molecular complexity index is 998. The number of non-ortho nitro benzene ring substituents is 1. The molecule has 0 saturated carbocycles. The zero-order valence-electron chi connectivity index (χ0n) is 12.8. The molecule has 0 aliphatic heterocycles. The van der Waals surface area contributed by atoms with Crippen molar-refractivity contribution in [2.75, 3.05) is 0 Å². The molecule has 1 heterocycles. The van der Waals surface area contributed by atoms with Gasteiger partial charge in [0.25, 0.3) is 5.69 Å². The third-order valence-corrected chi connectivity index (χ3v) is 3.56. The molecule has 1 aromatic heterocycles. The molecule has 0 spiro atoms. The lowest BCUT2D eigenvalue weighted by Gasteiger charge is -1.99. The maximum atomic E-state index is 13.8. The van der Waals surface area contributed by atoms with Gasteiger partial charge in [0.15, 0.2) is 0 Å². The Morgan fingerprint density at radius 3 is 2.48 bits per heavy atom. The van der Waals surface area contributed by atoms with Gasteiger partial charge in [0.1, 0.15) is 17.3 Å². The number of nitro groups is 1. The van der Waals surface area contributed by atoms with E-state index < -0.39 is 10.7 Å². The minimum Gasteiger partial charge on any atom is -0.457 e. The predicted octanol–water partition coefficient (Wildman–Crippen LogP) is 5.06. The SMILES string of the molecule is N#C/C(=C\c1ccc(-c2ccccc2F)o1)c1ccc([N+](=O)[O-])cc1. The number of allylic oxidation sites excluding steroid dienone is 1. The first-order chi connectivity index (χ1) is 12.1. The molecule has 122 valence electrons. The van der Waals surface area contributed by atoms with Crippen LogP contribution in [-0.4, -0.2) is 4.92 Å². The lowest BCUT2D eigenvalue weighted by molar-refractivity contribution is -0.384. The van der Waals surface area contributed by atoms with E-state index in [2.05, 4.69) is 0 Å². The quantitative estimate of drug-likeness (QED) is 0.379. The van der Waals surface area contributed by atoms with Gasteiger partial charge >= 0.3 is 0 Å². The molecule has 3 aromatic rings. The maximum absolute atomic E-state index is 13.8. The first kappa shape index (κ1) is 16.1. The molecule has 0 unspecified atom stereocenters. The normalized spacial score (nSPS) is 11.1. The van der Waals surface area contributed by atoms with Gasteiger partial charge in [-0.2, -0.15) is 5.26 Å². The number of halogens is 1. The van der Waals surface area contributed by atoms with E-state index in [0.29, 0.717) is 22.6 Å². The average molecular weight is 334 g/mol. The smallest absolute Gasteiger partial charge is 0.269 e. The van der Waals surface area contributed by atoms with Crippen molar-refractivity contribution in [3.05, 3.63) is 87.9 Å². The number of benzene rings is 2. The van der Waals surface area contributed by atoms with Crippen LogP contribution in [0.2, 0.25) is 0 Å². The Morgan fingerprint density at radius 2 is 1.84 bits per heavy atom. The second-order valence-corrected chi connectivity index (χ2v) is 5.16. The molecule has 2 aromatic carbocycles. The van der Waals surface area contributed by atoms with E-state index in [1.807, 2.05) is 6.07 Å². The van der Waals surface area contributed by atoms with Gasteiger partial charge in [-0.1, -0.05) is 12.1 Å². The number of nitro benzene ring substituents is 1. The summed E-state index contributed by atoms with van der Waals surface area (Å²) in [5, 5.41) is 20.0. The van der Waals surface area contributed by atoms with Crippen molar-refractivity contribution in [3.63, 3.8) is 0 Å². The maximum Gasteiger partial charge on any atom is 0.269 e. The van der Waals surface area contributed by atoms with Crippen molar-refractivity contribution in [2.24, 2.45) is 0 Å². The van der Waals surface area contributed by atoms with Gasteiger partial charge in [0.05, 0.1) is 22.1 Å². The van der Waals surface area contributed by atoms with Crippen LogP contribution in [0.3, 0.4) is 0 Å². The highest BCUT2D eigenvalue weighted by molar-refractivity contribution is 5.89. The Kier molecular flexibility index (Phi) is 4.40. The average Bonchev–Trinajstić information content (AvgIpc) is 3.08. The van der Waals surface area contributed by atoms with Gasteiger partial charge in [0, 0.05) is 12.1 Å². The molecule has 0 aliphatic carbocycles. The zero-order chi connectivity index (χ0) is 17.8. The Labute approximate surface area is 142 Å². The lowest BCUT2D eigenvalue weighted by Crippen LogP contribution is -1.88. The molecular formula is C19H11FN2O3. The Balaban J connectivity index is 1.92. The molecule has 0 aliphatic rings. The van der Waals surface area contributed by atoms with Gasteiger partial charge < -0.3 is 4.42 Å². The molecule has 6 heteroatoms. The van der Waals surface area contributed by atoms with Gasteiger partial charge in [-0.15, -0.1) is 0 Å². The fraction of sp³-hybridized carbons (Fsp3) is 0. The first-order valence-electron chi connectivity index (χ1n) is 7.30. The molecule has 0 bridgehead atoms. The summed E-state index contributed by atoms with van der Waals surface area (Å²) in [4.78, 5) is 10.2. The summed E-state index contributed by atoms with van der Waals surface area (Å²) in [6.07, 6.45) is 1.51. The van der Waals surface area contributed by atoms with E-state index in [0.717, 1.165) is 0 Å². The van der Waals surface area contributed by atoms with Crippen LogP contribution in [0.1, 0.15) is 11.3 Å². The third kappa shape index (κ3) is 3.46. The highest BCUT2D eigenvalue weighted by atomic mass is 19.1. The monoisotopic (exact) mass is 334 g/mol. The van der Waals surface area contributed by atoms with Crippen molar-refractivity contribution >= 4 is 17.3 Å². The predicted molar refractivity (Wildman–Crippen MR) is 90.7 cm³/mol. The first-order valence-corrected chi connectivity index (χ1v) is 7.30. The van der Waals surface area contributed by atoms with E-state index in [1.165, 1.54) is 36.4 Å². The van der Waals surface area contributed by atoms with Crippen LogP contribution < -0.4 is 0 Å². The van der Waals surface area contributed by atoms with Crippen molar-refractivity contribution in [1.29, 1.82) is 5.26 Å². The molecule has 0 N–H and O–H groups in total. The minimum atomic E-state index is -0.507. The van der Waals surface area contributed by atoms with Gasteiger partial charge in [0.2, 0.25) is 0 Å². The third-order valence-electron chi connectivity index (χ3n) is 3.56. The summed E-state index contributed by atoms with van der Waals surface area (Å²) in [6.45, 7) is 0. The van der Waals surface area contributed by atoms with Crippen LogP contribution in [0.15, 0.2) is 65.1 Å². The largest absolute Gasteiger partial charge is 0.457 e. The molecule has 3 rings (SSSR count). The van der Waals surface area contributed by atoms with Crippen molar-refractivity contribution in [1.82, 2.24) is 0 Å². The van der Waals surface area contributed by atoms with Crippen molar-refractivity contribution in [2.45, 2.75) is 0 Å². The molecule has 0 fully saturated rings. The zero-order valence-corrected chi connectivity index (χ0v) is 12.8. The van der Waals surface area contributed by atoms with Crippen LogP contribution in [-0.2, 0) is 0 Å².